The van der Waals surface area contributed by atoms with Crippen molar-refractivity contribution in [2.75, 3.05) is 19.1 Å². The second-order valence-corrected chi connectivity index (χ2v) is 8.04. The topological polar surface area (TPSA) is 38.5 Å². The van der Waals surface area contributed by atoms with Crippen molar-refractivity contribution in [1.29, 1.82) is 0 Å². The average Bonchev–Trinajstić information content (AvgIpc) is 3.04. The van der Waals surface area contributed by atoms with E-state index in [1.54, 1.807) is 6.07 Å². The summed E-state index contributed by atoms with van der Waals surface area (Å²) in [7, 11) is 3.47. The van der Waals surface area contributed by atoms with Crippen molar-refractivity contribution in [1.82, 2.24) is 0 Å². The van der Waals surface area contributed by atoms with Crippen LogP contribution in [-0.2, 0) is 13.0 Å². The van der Waals surface area contributed by atoms with Crippen LogP contribution in [0.3, 0.4) is 0 Å². The van der Waals surface area contributed by atoms with E-state index in [4.69, 9.17) is 22.1 Å². The molecule has 0 spiro atoms. The molecule has 2 N–H and O–H groups in total. The third-order valence-corrected chi connectivity index (χ3v) is 5.95. The van der Waals surface area contributed by atoms with Crippen LogP contribution >= 0.6 is 11.6 Å². The molecule has 0 aliphatic heterocycles. The van der Waals surface area contributed by atoms with E-state index in [1.807, 2.05) is 31.3 Å². The lowest BCUT2D eigenvalue weighted by Crippen LogP contribution is -2.18. The molecule has 0 amide bonds. The van der Waals surface area contributed by atoms with Gasteiger partial charge in [0.1, 0.15) is 0 Å². The van der Waals surface area contributed by atoms with Gasteiger partial charge >= 0.3 is 0 Å². The molecule has 5 heteroatoms. The number of benzene rings is 3. The first kappa shape index (κ1) is 19.7. The van der Waals surface area contributed by atoms with Gasteiger partial charge in [-0.2, -0.15) is 0 Å². The molecule has 3 aromatic carbocycles. The molecule has 1 aliphatic carbocycles. The predicted octanol–water partition coefficient (Wildman–Crippen LogP) is 5.46. The zero-order chi connectivity index (χ0) is 20.5. The Morgan fingerprint density at radius 1 is 1.14 bits per heavy atom. The van der Waals surface area contributed by atoms with Crippen molar-refractivity contribution in [2.24, 2.45) is 5.73 Å². The molecule has 3 nitrogen and oxygen atoms in total. The molecule has 2 unspecified atom stereocenters. The largest absolute Gasteiger partial charge is 0.494 e. The number of hydrogen-bond donors (Lipinski definition) is 1. The fourth-order valence-corrected chi connectivity index (χ4v) is 4.33. The van der Waals surface area contributed by atoms with Gasteiger partial charge in [0.25, 0.3) is 0 Å². The first-order valence-corrected chi connectivity index (χ1v) is 10.0. The first-order valence-electron chi connectivity index (χ1n) is 9.63. The first-order chi connectivity index (χ1) is 14.0. The minimum absolute atomic E-state index is 0.0738. The average molecular weight is 411 g/mol. The Morgan fingerprint density at radius 3 is 2.69 bits per heavy atom. The Hall–Kier alpha value is -2.56. The van der Waals surface area contributed by atoms with Gasteiger partial charge in [-0.15, -0.1) is 0 Å². The van der Waals surface area contributed by atoms with Crippen LogP contribution in [0.1, 0.15) is 34.2 Å². The summed E-state index contributed by atoms with van der Waals surface area (Å²) in [5.41, 5.74) is 12.2. The number of fused-ring (bicyclic) bond motifs is 1. The highest BCUT2D eigenvalue weighted by atomic mass is 35.5. The van der Waals surface area contributed by atoms with Gasteiger partial charge in [-0.05, 0) is 65.1 Å². The van der Waals surface area contributed by atoms with Crippen molar-refractivity contribution >= 4 is 17.3 Å². The Labute approximate surface area is 175 Å². The minimum Gasteiger partial charge on any atom is -0.494 e. The van der Waals surface area contributed by atoms with E-state index >= 15 is 0 Å². The van der Waals surface area contributed by atoms with Crippen LogP contribution in [0.4, 0.5) is 10.1 Å². The highest BCUT2D eigenvalue weighted by molar-refractivity contribution is 6.30. The molecule has 0 heterocycles. The molecule has 0 saturated carbocycles. The number of nitrogens with two attached hydrogens (primary N) is 1. The van der Waals surface area contributed by atoms with Gasteiger partial charge in [-0.3, -0.25) is 0 Å². The summed E-state index contributed by atoms with van der Waals surface area (Å²) in [4.78, 5) is 2.10. The predicted molar refractivity (Wildman–Crippen MR) is 116 cm³/mol. The van der Waals surface area contributed by atoms with Crippen LogP contribution in [0.2, 0.25) is 5.02 Å². The van der Waals surface area contributed by atoms with Crippen LogP contribution < -0.4 is 15.4 Å². The van der Waals surface area contributed by atoms with E-state index in [1.165, 1.54) is 29.9 Å². The molecular weight excluding hydrogens is 387 g/mol. The zero-order valence-electron chi connectivity index (χ0n) is 16.5. The maximum Gasteiger partial charge on any atom is 0.165 e. The highest BCUT2D eigenvalue weighted by Crippen LogP contribution is 2.42. The molecule has 0 bridgehead atoms. The van der Waals surface area contributed by atoms with E-state index in [-0.39, 0.29) is 23.5 Å². The molecule has 0 radical (unpaired) electrons. The summed E-state index contributed by atoms with van der Waals surface area (Å²) in [5, 5.41) is 0.734. The molecule has 0 aromatic heterocycles. The zero-order valence-corrected chi connectivity index (χ0v) is 17.3. The van der Waals surface area contributed by atoms with Gasteiger partial charge < -0.3 is 15.4 Å². The molecule has 4 rings (SSSR count). The van der Waals surface area contributed by atoms with Crippen LogP contribution in [0.25, 0.3) is 0 Å². The number of hydrogen-bond acceptors (Lipinski definition) is 3. The molecule has 1 aliphatic rings. The van der Waals surface area contributed by atoms with Crippen molar-refractivity contribution < 1.29 is 9.13 Å². The molecule has 29 heavy (non-hydrogen) atoms. The molecule has 2 atom stereocenters. The molecular formula is C24H24ClFN2O. The van der Waals surface area contributed by atoms with Gasteiger partial charge in [-0.1, -0.05) is 35.9 Å². The molecule has 0 fully saturated rings. The van der Waals surface area contributed by atoms with Crippen molar-refractivity contribution in [3.05, 3.63) is 93.8 Å². The third kappa shape index (κ3) is 3.96. The molecule has 150 valence electrons. The lowest BCUT2D eigenvalue weighted by Gasteiger charge is -2.22. The normalized spacial score (nSPS) is 17.8. The van der Waals surface area contributed by atoms with E-state index < -0.39 is 0 Å². The van der Waals surface area contributed by atoms with Gasteiger partial charge in [0.2, 0.25) is 0 Å². The second kappa shape index (κ2) is 8.05. The van der Waals surface area contributed by atoms with E-state index in [0.717, 1.165) is 22.7 Å². The van der Waals surface area contributed by atoms with E-state index in [9.17, 15) is 4.39 Å². The van der Waals surface area contributed by atoms with Gasteiger partial charge in [0.15, 0.2) is 11.6 Å². The van der Waals surface area contributed by atoms with Crippen molar-refractivity contribution in [2.45, 2.75) is 24.9 Å². The minimum atomic E-state index is -0.348. The fraction of sp³-hybridized carbons (Fsp3) is 0.250. The number of anilines is 1. The Kier molecular flexibility index (Phi) is 5.48. The highest BCUT2D eigenvalue weighted by Gasteiger charge is 2.31. The quantitative estimate of drug-likeness (QED) is 0.606. The number of methoxy groups -OCH3 is 1. The third-order valence-electron chi connectivity index (χ3n) is 5.72. The standard InChI is InChI=1S/C24H24ClFN2O/c1-28(14-15-6-9-23(29-2)22(26)10-15)19-8-7-17-12-20(24(27)21(17)13-19)16-4-3-5-18(25)11-16/h3-11,13,20,24H,12,14,27H2,1-2H3. The summed E-state index contributed by atoms with van der Waals surface area (Å²) < 4.78 is 19.0. The molecule has 0 saturated heterocycles. The SMILES string of the molecule is COc1ccc(CN(C)c2ccc3c(c2)C(N)C(c2cccc(Cl)c2)C3)cc1F. The summed E-state index contributed by atoms with van der Waals surface area (Å²) in [6.07, 6.45) is 0.907. The lowest BCUT2D eigenvalue weighted by atomic mass is 9.93. The maximum absolute atomic E-state index is 14.0. The fourth-order valence-electron chi connectivity index (χ4n) is 4.13. The van der Waals surface area contributed by atoms with Gasteiger partial charge in [0.05, 0.1) is 7.11 Å². The molecule has 3 aromatic rings. The Bertz CT molecular complexity index is 1040. The van der Waals surface area contributed by atoms with Crippen LogP contribution in [0.15, 0.2) is 60.7 Å². The second-order valence-electron chi connectivity index (χ2n) is 7.60. The number of nitrogens with zero attached hydrogens (tertiary/aromatic N) is 1. The lowest BCUT2D eigenvalue weighted by molar-refractivity contribution is 0.386. The smallest absolute Gasteiger partial charge is 0.165 e. The van der Waals surface area contributed by atoms with Crippen LogP contribution in [-0.4, -0.2) is 14.2 Å². The summed E-state index contributed by atoms with van der Waals surface area (Å²) in [5.74, 6) is 0.130. The maximum atomic E-state index is 14.0. The van der Waals surface area contributed by atoms with Gasteiger partial charge in [-0.25, -0.2) is 4.39 Å². The van der Waals surface area contributed by atoms with Crippen LogP contribution in [0.5, 0.6) is 5.75 Å². The van der Waals surface area contributed by atoms with Gasteiger partial charge in [0, 0.05) is 36.3 Å². The number of rotatable bonds is 5. The monoisotopic (exact) mass is 410 g/mol. The van der Waals surface area contributed by atoms with E-state index in [0.29, 0.717) is 6.54 Å². The number of ether oxygens (including phenoxy) is 1. The van der Waals surface area contributed by atoms with Crippen molar-refractivity contribution in [3.8, 4) is 5.75 Å². The Morgan fingerprint density at radius 2 is 1.97 bits per heavy atom. The summed E-state index contributed by atoms with van der Waals surface area (Å²) in [6, 6.07) is 19.3. The van der Waals surface area contributed by atoms with Crippen LogP contribution in [0, 0.1) is 5.82 Å². The van der Waals surface area contributed by atoms with E-state index in [2.05, 4.69) is 29.2 Å². The van der Waals surface area contributed by atoms with Crippen molar-refractivity contribution in [3.63, 3.8) is 0 Å². The number of halogens is 2. The summed E-state index contributed by atoms with van der Waals surface area (Å²) >= 11 is 6.17. The Balaban J connectivity index is 1.54. The summed E-state index contributed by atoms with van der Waals surface area (Å²) in [6.45, 7) is 0.590.